The van der Waals surface area contributed by atoms with Crippen LogP contribution in [0.2, 0.25) is 0 Å². The van der Waals surface area contributed by atoms with Gasteiger partial charge in [-0.3, -0.25) is 10.1 Å². The number of methoxy groups -OCH3 is 1. The van der Waals surface area contributed by atoms with E-state index in [2.05, 4.69) is 25.6 Å². The first-order valence-corrected chi connectivity index (χ1v) is 10.9. The first kappa shape index (κ1) is 22.3. The molecule has 0 atom stereocenters. The Morgan fingerprint density at radius 2 is 1.74 bits per heavy atom. The third kappa shape index (κ3) is 4.51. The van der Waals surface area contributed by atoms with Crippen molar-refractivity contribution in [3.63, 3.8) is 0 Å². The minimum atomic E-state index is -1.04. The third-order valence-electron chi connectivity index (χ3n) is 4.93. The number of anilines is 1. The molecule has 0 spiro atoms. The summed E-state index contributed by atoms with van der Waals surface area (Å²) in [4.78, 5) is 22.0. The molecule has 1 amide bonds. The maximum Gasteiger partial charge on any atom is 0.279 e. The van der Waals surface area contributed by atoms with Crippen LogP contribution >= 0.6 is 11.3 Å². The molecule has 0 aliphatic carbocycles. The van der Waals surface area contributed by atoms with Crippen molar-refractivity contribution in [3.8, 4) is 39.2 Å². The summed E-state index contributed by atoms with van der Waals surface area (Å²) in [7, 11) is 1.58. The van der Waals surface area contributed by atoms with E-state index in [1.807, 2.05) is 12.1 Å². The molecular weight excluding hydrogens is 480 g/mol. The number of rotatable bonds is 6. The van der Waals surface area contributed by atoms with Crippen LogP contribution < -0.4 is 10.1 Å². The van der Waals surface area contributed by atoms with Gasteiger partial charge in [-0.05, 0) is 49.4 Å². The quantitative estimate of drug-likeness (QED) is 0.335. The van der Waals surface area contributed by atoms with E-state index in [1.54, 1.807) is 26.2 Å². The van der Waals surface area contributed by atoms with Crippen molar-refractivity contribution >= 4 is 22.4 Å². The number of aryl methyl sites for hydroxylation is 1. The Balaban J connectivity index is 1.32. The zero-order valence-corrected chi connectivity index (χ0v) is 19.0. The molecule has 0 saturated heterocycles. The van der Waals surface area contributed by atoms with Gasteiger partial charge in [0.2, 0.25) is 5.82 Å². The van der Waals surface area contributed by atoms with Gasteiger partial charge in [0.05, 0.1) is 12.8 Å². The van der Waals surface area contributed by atoms with E-state index in [-0.39, 0.29) is 28.0 Å². The van der Waals surface area contributed by atoms with Crippen LogP contribution in [-0.4, -0.2) is 33.3 Å². The monoisotopic (exact) mass is 495 g/mol. The zero-order chi connectivity index (χ0) is 24.5. The Labute approximate surface area is 200 Å². The fourth-order valence-electron chi connectivity index (χ4n) is 3.15. The Kier molecular flexibility index (Phi) is 5.79. The summed E-state index contributed by atoms with van der Waals surface area (Å²) in [6.07, 6.45) is 0. The molecule has 0 aliphatic heterocycles. The summed E-state index contributed by atoms with van der Waals surface area (Å²) in [5, 5.41) is 10.6. The van der Waals surface area contributed by atoms with Crippen LogP contribution in [0.15, 0.2) is 57.6 Å². The summed E-state index contributed by atoms with van der Waals surface area (Å²) in [6, 6.07) is 11.8. The van der Waals surface area contributed by atoms with Crippen molar-refractivity contribution in [2.24, 2.45) is 0 Å². The molecule has 1 N–H and O–H groups in total. The van der Waals surface area contributed by atoms with Crippen molar-refractivity contribution < 1.29 is 27.4 Å². The molecule has 0 radical (unpaired) electrons. The van der Waals surface area contributed by atoms with E-state index < -0.39 is 17.5 Å². The highest BCUT2D eigenvalue weighted by molar-refractivity contribution is 7.19. The van der Waals surface area contributed by atoms with Crippen LogP contribution in [0, 0.1) is 18.6 Å². The predicted molar refractivity (Wildman–Crippen MR) is 122 cm³/mol. The maximum atomic E-state index is 13.5. The minimum Gasteiger partial charge on any atom is -0.497 e. The number of hydrogen-bond donors (Lipinski definition) is 1. The van der Waals surface area contributed by atoms with E-state index >= 15 is 0 Å². The van der Waals surface area contributed by atoms with E-state index in [1.165, 1.54) is 12.1 Å². The van der Waals surface area contributed by atoms with Gasteiger partial charge in [-0.2, -0.15) is 4.98 Å². The number of aromatic nitrogens is 4. The van der Waals surface area contributed by atoms with Gasteiger partial charge >= 0.3 is 0 Å². The number of nitrogens with one attached hydrogen (secondary N) is 1. The van der Waals surface area contributed by atoms with Crippen molar-refractivity contribution in [2.75, 3.05) is 12.4 Å². The van der Waals surface area contributed by atoms with Gasteiger partial charge in [-0.1, -0.05) is 21.7 Å². The topological polar surface area (TPSA) is 116 Å². The van der Waals surface area contributed by atoms with E-state index in [4.69, 9.17) is 13.8 Å². The largest absolute Gasteiger partial charge is 0.497 e. The molecule has 5 aromatic rings. The molecule has 3 aromatic heterocycles. The van der Waals surface area contributed by atoms with Crippen LogP contribution in [0.1, 0.15) is 16.2 Å². The van der Waals surface area contributed by atoms with Gasteiger partial charge < -0.3 is 13.8 Å². The molecule has 12 heteroatoms. The van der Waals surface area contributed by atoms with E-state index in [0.29, 0.717) is 22.1 Å². The number of benzene rings is 2. The summed E-state index contributed by atoms with van der Waals surface area (Å²) < 4.78 is 42.3. The Hall–Kier alpha value is -4.45. The maximum absolute atomic E-state index is 13.5. The lowest BCUT2D eigenvalue weighted by atomic mass is 10.1. The smallest absolute Gasteiger partial charge is 0.279 e. The molecule has 0 bridgehead atoms. The first-order valence-electron chi connectivity index (χ1n) is 10.1. The number of thiazole rings is 1. The second-order valence-corrected chi connectivity index (χ2v) is 8.24. The second kappa shape index (κ2) is 9.06. The van der Waals surface area contributed by atoms with Gasteiger partial charge in [0.15, 0.2) is 28.2 Å². The summed E-state index contributed by atoms with van der Waals surface area (Å²) in [6.45, 7) is 1.75. The average molecular weight is 495 g/mol. The Morgan fingerprint density at radius 1 is 0.971 bits per heavy atom. The highest BCUT2D eigenvalue weighted by Crippen LogP contribution is 2.33. The molecule has 0 saturated carbocycles. The van der Waals surface area contributed by atoms with Crippen molar-refractivity contribution in [2.45, 2.75) is 6.92 Å². The van der Waals surface area contributed by atoms with Gasteiger partial charge in [0.25, 0.3) is 11.8 Å². The SMILES string of the molecule is COc1ccc(-c2noc(-c3sc(NC(=O)c4cc(-c5ccc(F)c(F)c5)on4)nc3C)n2)cc1. The molecule has 176 valence electrons. The van der Waals surface area contributed by atoms with Gasteiger partial charge in [-0.25, -0.2) is 13.8 Å². The highest BCUT2D eigenvalue weighted by Gasteiger charge is 2.20. The molecule has 5 rings (SSSR count). The van der Waals surface area contributed by atoms with E-state index in [0.717, 1.165) is 29.0 Å². The van der Waals surface area contributed by atoms with Crippen molar-refractivity contribution in [3.05, 3.63) is 71.6 Å². The van der Waals surface area contributed by atoms with Crippen LogP contribution in [0.5, 0.6) is 5.75 Å². The lowest BCUT2D eigenvalue weighted by Crippen LogP contribution is -2.11. The summed E-state index contributed by atoms with van der Waals surface area (Å²) in [5.41, 5.74) is 1.52. The molecule has 0 unspecified atom stereocenters. The van der Waals surface area contributed by atoms with Crippen LogP contribution in [-0.2, 0) is 0 Å². The lowest BCUT2D eigenvalue weighted by molar-refractivity contribution is 0.101. The van der Waals surface area contributed by atoms with Crippen molar-refractivity contribution in [1.29, 1.82) is 0 Å². The third-order valence-corrected chi connectivity index (χ3v) is 5.99. The molecule has 3 heterocycles. The second-order valence-electron chi connectivity index (χ2n) is 7.24. The van der Waals surface area contributed by atoms with Crippen LogP contribution in [0.25, 0.3) is 33.5 Å². The number of nitrogens with zero attached hydrogens (tertiary/aromatic N) is 4. The minimum absolute atomic E-state index is 0.0567. The van der Waals surface area contributed by atoms with Crippen LogP contribution in [0.3, 0.4) is 0 Å². The van der Waals surface area contributed by atoms with Gasteiger partial charge in [0.1, 0.15) is 10.6 Å². The van der Waals surface area contributed by atoms with Gasteiger partial charge in [-0.15, -0.1) is 0 Å². The summed E-state index contributed by atoms with van der Waals surface area (Å²) >= 11 is 1.15. The van der Waals surface area contributed by atoms with Crippen LogP contribution in [0.4, 0.5) is 13.9 Å². The first-order chi connectivity index (χ1) is 16.9. The number of carbonyl (C=O) groups excluding carboxylic acids is 1. The number of ether oxygens (including phenoxy) is 1. The fourth-order valence-corrected chi connectivity index (χ4v) is 4.03. The number of amides is 1. The highest BCUT2D eigenvalue weighted by atomic mass is 32.1. The predicted octanol–water partition coefficient (Wildman–Crippen LogP) is 5.36. The standard InChI is InChI=1S/C23H15F2N5O4S/c1-11-19(22-27-20(30-34-22)12-3-6-14(32-2)7-4-12)35-23(26-11)28-21(31)17-10-18(33-29-17)13-5-8-15(24)16(25)9-13/h3-10H,1-2H3,(H,26,28,31). The van der Waals surface area contributed by atoms with E-state index in [9.17, 15) is 13.6 Å². The number of carbonyl (C=O) groups is 1. The lowest BCUT2D eigenvalue weighted by Gasteiger charge is -1.98. The molecule has 9 nitrogen and oxygen atoms in total. The molecule has 35 heavy (non-hydrogen) atoms. The van der Waals surface area contributed by atoms with Gasteiger partial charge in [0, 0.05) is 17.2 Å². The average Bonchev–Trinajstić information content (AvgIpc) is 3.61. The molecule has 0 fully saturated rings. The fraction of sp³-hybridized carbons (Fsp3) is 0.0870. The number of hydrogen-bond acceptors (Lipinski definition) is 9. The Bertz CT molecular complexity index is 1530. The number of halogens is 2. The zero-order valence-electron chi connectivity index (χ0n) is 18.2. The normalized spacial score (nSPS) is 11.0. The molecule has 0 aliphatic rings. The molecule has 2 aromatic carbocycles. The summed E-state index contributed by atoms with van der Waals surface area (Å²) in [5.74, 6) is -1.14. The Morgan fingerprint density at radius 3 is 2.49 bits per heavy atom. The molecular formula is C23H15F2N5O4S. The van der Waals surface area contributed by atoms with Crippen molar-refractivity contribution in [1.82, 2.24) is 20.3 Å².